The number of carbonyl (C=O) groups is 1. The topological polar surface area (TPSA) is 49.6 Å². The number of aromatic nitrogens is 1. The van der Waals surface area contributed by atoms with Crippen molar-refractivity contribution < 1.29 is 9.32 Å². The number of amides is 1. The van der Waals surface area contributed by atoms with Crippen LogP contribution in [0.4, 0.5) is 0 Å². The van der Waals surface area contributed by atoms with E-state index < -0.39 is 0 Å². The lowest BCUT2D eigenvalue weighted by Gasteiger charge is -2.28. The fourth-order valence-corrected chi connectivity index (χ4v) is 5.71. The Balaban J connectivity index is 1.44. The normalized spacial score (nSPS) is 20.8. The first kappa shape index (κ1) is 19.6. The Hall–Kier alpha value is -1.66. The molecule has 1 amide bonds. The van der Waals surface area contributed by atoms with E-state index in [0.717, 1.165) is 74.9 Å². The molecule has 28 heavy (non-hydrogen) atoms. The molecule has 0 radical (unpaired) electrons. The molecule has 1 atom stereocenters. The van der Waals surface area contributed by atoms with Gasteiger partial charge in [0.25, 0.3) is 5.91 Å². The van der Waals surface area contributed by atoms with Crippen LogP contribution in [0.15, 0.2) is 9.90 Å². The van der Waals surface area contributed by atoms with Crippen molar-refractivity contribution in [3.8, 4) is 0 Å². The molecule has 0 bridgehead atoms. The van der Waals surface area contributed by atoms with E-state index in [1.807, 2.05) is 13.8 Å². The first-order chi connectivity index (χ1) is 13.6. The Morgan fingerprint density at radius 1 is 1.29 bits per heavy atom. The van der Waals surface area contributed by atoms with Crippen LogP contribution >= 0.6 is 11.3 Å². The largest absolute Gasteiger partial charge is 0.361 e. The van der Waals surface area contributed by atoms with Crippen LogP contribution in [-0.4, -0.2) is 40.5 Å². The molecule has 1 saturated heterocycles. The zero-order chi connectivity index (χ0) is 19.7. The first-order valence-electron chi connectivity index (χ1n) is 10.6. The zero-order valence-corrected chi connectivity index (χ0v) is 18.1. The molecule has 2 aliphatic rings. The molecule has 0 spiro atoms. The van der Waals surface area contributed by atoms with Gasteiger partial charge in [0.2, 0.25) is 0 Å². The van der Waals surface area contributed by atoms with E-state index in [1.165, 1.54) is 28.8 Å². The molecule has 2 aromatic heterocycles. The number of likely N-dealkylation sites (tertiary alicyclic amines) is 1. The molecule has 1 fully saturated rings. The number of rotatable bonds is 4. The second-order valence-corrected chi connectivity index (χ2v) is 9.28. The van der Waals surface area contributed by atoms with Crippen molar-refractivity contribution in [3.63, 3.8) is 0 Å². The summed E-state index contributed by atoms with van der Waals surface area (Å²) in [6.07, 6.45) is 5.74. The van der Waals surface area contributed by atoms with Crippen LogP contribution < -0.4 is 0 Å². The highest BCUT2D eigenvalue weighted by Crippen LogP contribution is 2.31. The van der Waals surface area contributed by atoms with Gasteiger partial charge in [0, 0.05) is 48.5 Å². The van der Waals surface area contributed by atoms with Crippen LogP contribution in [0.5, 0.6) is 0 Å². The van der Waals surface area contributed by atoms with Gasteiger partial charge in [-0.2, -0.15) is 0 Å². The predicted molar refractivity (Wildman–Crippen MR) is 112 cm³/mol. The maximum absolute atomic E-state index is 13.2. The van der Waals surface area contributed by atoms with Crippen molar-refractivity contribution in [2.75, 3.05) is 19.6 Å². The van der Waals surface area contributed by atoms with E-state index >= 15 is 0 Å². The molecule has 0 aliphatic carbocycles. The summed E-state index contributed by atoms with van der Waals surface area (Å²) in [6, 6.07) is 0. The van der Waals surface area contributed by atoms with Gasteiger partial charge in [0.1, 0.15) is 5.76 Å². The summed E-state index contributed by atoms with van der Waals surface area (Å²) in [5.41, 5.74) is 4.44. The first-order valence-corrected chi connectivity index (χ1v) is 11.5. The fraction of sp³-hybridized carbons (Fsp3) is 0.636. The predicted octanol–water partition coefficient (Wildman–Crippen LogP) is 4.56. The third-order valence-corrected chi connectivity index (χ3v) is 7.55. The van der Waals surface area contributed by atoms with Crippen LogP contribution in [0.25, 0.3) is 0 Å². The summed E-state index contributed by atoms with van der Waals surface area (Å²) in [5.74, 6) is 1.96. The molecule has 4 rings (SSSR count). The number of hydrogen-bond donors (Lipinski definition) is 0. The lowest BCUT2D eigenvalue weighted by atomic mass is 9.98. The lowest BCUT2D eigenvalue weighted by molar-refractivity contribution is 0.0758. The van der Waals surface area contributed by atoms with Gasteiger partial charge >= 0.3 is 0 Å². The smallest absolute Gasteiger partial charge is 0.254 e. The minimum atomic E-state index is 0.258. The third-order valence-electron chi connectivity index (χ3n) is 6.53. The van der Waals surface area contributed by atoms with Crippen LogP contribution in [0.3, 0.4) is 0 Å². The molecule has 152 valence electrons. The van der Waals surface area contributed by atoms with Gasteiger partial charge in [0.05, 0.1) is 11.3 Å². The van der Waals surface area contributed by atoms with E-state index in [0.29, 0.717) is 0 Å². The van der Waals surface area contributed by atoms with Gasteiger partial charge in [-0.1, -0.05) is 18.5 Å². The van der Waals surface area contributed by atoms with E-state index in [-0.39, 0.29) is 5.91 Å². The summed E-state index contributed by atoms with van der Waals surface area (Å²) in [7, 11) is 0. The zero-order valence-electron chi connectivity index (χ0n) is 17.3. The average molecular weight is 402 g/mol. The molecule has 2 aliphatic heterocycles. The maximum atomic E-state index is 13.2. The molecular formula is C22H31N3O2S. The highest BCUT2D eigenvalue weighted by atomic mass is 32.1. The summed E-state index contributed by atoms with van der Waals surface area (Å²) in [5, 5.41) is 6.18. The number of aryl methyl sites for hydroxylation is 2. The fourth-order valence-electron chi connectivity index (χ4n) is 4.59. The minimum Gasteiger partial charge on any atom is -0.361 e. The maximum Gasteiger partial charge on any atom is 0.254 e. The quantitative estimate of drug-likeness (QED) is 0.753. The third kappa shape index (κ3) is 3.90. The van der Waals surface area contributed by atoms with Gasteiger partial charge in [-0.05, 0) is 51.0 Å². The van der Waals surface area contributed by atoms with Crippen LogP contribution in [0, 0.1) is 19.8 Å². The van der Waals surface area contributed by atoms with Crippen molar-refractivity contribution in [1.82, 2.24) is 15.0 Å². The molecule has 0 saturated carbocycles. The Bertz CT molecular complexity index is 821. The monoisotopic (exact) mass is 401 g/mol. The number of hydrogen-bond acceptors (Lipinski definition) is 5. The molecule has 5 nitrogen and oxygen atoms in total. The van der Waals surface area contributed by atoms with Gasteiger partial charge in [-0.15, -0.1) is 11.3 Å². The molecule has 0 unspecified atom stereocenters. The SMILES string of the molecule is CC[C@@H]1CCCN(C(=O)c2csc3c2CCN(Cc2c(C)noc2C)C3)CC1. The molecule has 2 aromatic rings. The van der Waals surface area contributed by atoms with Crippen molar-refractivity contribution >= 4 is 17.2 Å². The summed E-state index contributed by atoms with van der Waals surface area (Å²) in [4.78, 5) is 19.1. The van der Waals surface area contributed by atoms with Gasteiger partial charge < -0.3 is 9.42 Å². The second kappa shape index (κ2) is 8.37. The number of fused-ring (bicyclic) bond motifs is 1. The van der Waals surface area contributed by atoms with E-state index in [4.69, 9.17) is 4.52 Å². The standard InChI is InChI=1S/C22H31N3O2S/c1-4-17-6-5-9-25(11-7-17)22(26)20-14-28-21-13-24(10-8-18(20)21)12-19-15(2)23-27-16(19)3/h14,17H,4-13H2,1-3H3/t17-/m1/s1. The molecular weight excluding hydrogens is 370 g/mol. The van der Waals surface area contributed by atoms with E-state index in [1.54, 1.807) is 11.3 Å². The summed E-state index contributed by atoms with van der Waals surface area (Å²) >= 11 is 1.75. The molecule has 4 heterocycles. The van der Waals surface area contributed by atoms with Crippen LogP contribution in [0.1, 0.15) is 70.4 Å². The number of thiophene rings is 1. The molecule has 0 N–H and O–H groups in total. The van der Waals surface area contributed by atoms with Crippen LogP contribution in [-0.2, 0) is 19.5 Å². The summed E-state index contributed by atoms with van der Waals surface area (Å²) in [6.45, 7) is 10.8. The highest BCUT2D eigenvalue weighted by Gasteiger charge is 2.28. The molecule has 6 heteroatoms. The van der Waals surface area contributed by atoms with E-state index in [2.05, 4.69) is 27.3 Å². The van der Waals surface area contributed by atoms with E-state index in [9.17, 15) is 4.79 Å². The Morgan fingerprint density at radius 3 is 2.89 bits per heavy atom. The van der Waals surface area contributed by atoms with Crippen molar-refractivity contribution in [1.29, 1.82) is 0 Å². The van der Waals surface area contributed by atoms with Crippen molar-refractivity contribution in [2.24, 2.45) is 5.92 Å². The number of carbonyl (C=O) groups excluding carboxylic acids is 1. The van der Waals surface area contributed by atoms with Gasteiger partial charge in [0.15, 0.2) is 0 Å². The van der Waals surface area contributed by atoms with Crippen molar-refractivity contribution in [2.45, 2.75) is 66.0 Å². The Kier molecular flexibility index (Phi) is 5.88. The minimum absolute atomic E-state index is 0.258. The Labute approximate surface area is 171 Å². The summed E-state index contributed by atoms with van der Waals surface area (Å²) < 4.78 is 5.31. The van der Waals surface area contributed by atoms with Crippen LogP contribution in [0.2, 0.25) is 0 Å². The van der Waals surface area contributed by atoms with Gasteiger partial charge in [-0.3, -0.25) is 9.69 Å². The van der Waals surface area contributed by atoms with Gasteiger partial charge in [-0.25, -0.2) is 0 Å². The Morgan fingerprint density at radius 2 is 2.14 bits per heavy atom. The second-order valence-electron chi connectivity index (χ2n) is 8.31. The average Bonchev–Trinajstić information content (AvgIpc) is 3.15. The highest BCUT2D eigenvalue weighted by molar-refractivity contribution is 7.10. The van der Waals surface area contributed by atoms with Crippen molar-refractivity contribution in [3.05, 3.63) is 38.4 Å². The lowest BCUT2D eigenvalue weighted by Crippen LogP contribution is -2.34. The number of nitrogens with zero attached hydrogens (tertiary/aromatic N) is 3. The molecule has 0 aromatic carbocycles.